The Morgan fingerprint density at radius 2 is 1.24 bits per heavy atom. The molecule has 4 nitrogen and oxygen atoms in total. The van der Waals surface area contributed by atoms with Crippen molar-refractivity contribution in [2.24, 2.45) is 10.8 Å². The summed E-state index contributed by atoms with van der Waals surface area (Å²) in [5.74, 6) is 2.61. The van der Waals surface area contributed by atoms with Gasteiger partial charge in [-0.3, -0.25) is 4.79 Å². The van der Waals surface area contributed by atoms with E-state index in [1.165, 1.54) is 5.57 Å². The number of rotatable bonds is 4. The molecule has 2 aromatic rings. The van der Waals surface area contributed by atoms with Gasteiger partial charge in [0.15, 0.2) is 11.4 Å². The quantitative estimate of drug-likeness (QED) is 0.551. The van der Waals surface area contributed by atoms with E-state index in [0.717, 1.165) is 52.4 Å². The lowest BCUT2D eigenvalue weighted by atomic mass is 9.75. The zero-order valence-corrected chi connectivity index (χ0v) is 20.4. The molecule has 0 bridgehead atoms. The molecule has 4 heteroatoms. The lowest BCUT2D eigenvalue weighted by Gasteiger charge is -2.33. The lowest BCUT2D eigenvalue weighted by molar-refractivity contribution is -0.115. The Hall–Kier alpha value is -3.01. The molecule has 172 valence electrons. The average molecular weight is 445 g/mol. The molecule has 5 rings (SSSR count). The van der Waals surface area contributed by atoms with Crippen molar-refractivity contribution in [2.75, 3.05) is 14.2 Å². The largest absolute Gasteiger partial charge is 0.497 e. The van der Waals surface area contributed by atoms with E-state index in [9.17, 15) is 4.79 Å². The van der Waals surface area contributed by atoms with Gasteiger partial charge >= 0.3 is 0 Å². The Morgan fingerprint density at radius 3 is 1.67 bits per heavy atom. The van der Waals surface area contributed by atoms with Crippen molar-refractivity contribution in [3.8, 4) is 11.5 Å². The van der Waals surface area contributed by atoms with Gasteiger partial charge in [-0.15, -0.1) is 0 Å². The summed E-state index contributed by atoms with van der Waals surface area (Å²) in [6.45, 7) is 9.09. The summed E-state index contributed by atoms with van der Waals surface area (Å²) in [4.78, 5) is 13.4. The first-order chi connectivity index (χ1) is 15.7. The molecule has 0 radical (unpaired) electrons. The Kier molecular flexibility index (Phi) is 4.79. The van der Waals surface area contributed by atoms with Crippen LogP contribution in [-0.4, -0.2) is 20.0 Å². The molecule has 0 aromatic heterocycles. The van der Waals surface area contributed by atoms with Crippen molar-refractivity contribution < 1.29 is 19.0 Å². The minimum absolute atomic E-state index is 0.0317. The van der Waals surface area contributed by atoms with E-state index < -0.39 is 5.60 Å². The Morgan fingerprint density at radius 1 is 0.758 bits per heavy atom. The van der Waals surface area contributed by atoms with Gasteiger partial charge in [0.2, 0.25) is 0 Å². The summed E-state index contributed by atoms with van der Waals surface area (Å²) in [5, 5.41) is 0. The van der Waals surface area contributed by atoms with Crippen LogP contribution in [0, 0.1) is 10.8 Å². The van der Waals surface area contributed by atoms with Crippen LogP contribution in [0.2, 0.25) is 0 Å². The molecule has 0 amide bonds. The lowest BCUT2D eigenvalue weighted by Crippen LogP contribution is -2.31. The number of methoxy groups -OCH3 is 2. The number of hydrogen-bond donors (Lipinski definition) is 0. The summed E-state index contributed by atoms with van der Waals surface area (Å²) < 4.78 is 17.8. The monoisotopic (exact) mass is 444 g/mol. The maximum absolute atomic E-state index is 13.4. The average Bonchev–Trinajstić information content (AvgIpc) is 3.07. The minimum atomic E-state index is -0.885. The van der Waals surface area contributed by atoms with Gasteiger partial charge in [0.05, 0.1) is 19.8 Å². The smallest absolute Gasteiger partial charge is 0.184 e. The number of ketones is 1. The van der Waals surface area contributed by atoms with Gasteiger partial charge in [-0.2, -0.15) is 0 Å². The van der Waals surface area contributed by atoms with Gasteiger partial charge in [0, 0.05) is 29.5 Å². The van der Waals surface area contributed by atoms with Crippen LogP contribution < -0.4 is 9.47 Å². The number of allylic oxidation sites excluding steroid dienone is 2. The molecule has 33 heavy (non-hydrogen) atoms. The summed E-state index contributed by atoms with van der Waals surface area (Å²) in [7, 11) is 3.34. The van der Waals surface area contributed by atoms with Crippen LogP contribution in [0.25, 0.3) is 0 Å². The molecular weight excluding hydrogens is 412 g/mol. The van der Waals surface area contributed by atoms with Crippen molar-refractivity contribution >= 4 is 5.78 Å². The molecule has 1 saturated carbocycles. The Labute approximate surface area is 196 Å². The molecule has 1 aliphatic heterocycles. The fourth-order valence-corrected chi connectivity index (χ4v) is 5.79. The maximum atomic E-state index is 13.4. The Bertz CT molecular complexity index is 1110. The van der Waals surface area contributed by atoms with Gasteiger partial charge in [-0.05, 0) is 47.1 Å². The number of ether oxygens (including phenoxy) is 3. The fourth-order valence-electron chi connectivity index (χ4n) is 5.79. The number of carbonyl (C=O) groups is 1. The molecule has 3 aliphatic rings. The standard InChI is InChI=1S/C29H32O4/c1-27(2)26(28(27,3)4)25-24-22(30)8-7-9-23(24)33-29(25,18-10-14-20(31-5)15-11-18)19-12-16-21(32-6)17-13-19/h10-17H,7-9H2,1-6H3. The molecule has 0 atom stereocenters. The summed E-state index contributed by atoms with van der Waals surface area (Å²) in [6.07, 6.45) is 2.18. The van der Waals surface area contributed by atoms with Crippen LogP contribution in [0.15, 0.2) is 71.0 Å². The van der Waals surface area contributed by atoms with Crippen molar-refractivity contribution in [3.05, 3.63) is 82.1 Å². The first-order valence-corrected chi connectivity index (χ1v) is 11.7. The first-order valence-electron chi connectivity index (χ1n) is 11.7. The molecule has 0 unspecified atom stereocenters. The predicted molar refractivity (Wildman–Crippen MR) is 128 cm³/mol. The molecule has 0 saturated heterocycles. The third-order valence-corrected chi connectivity index (χ3v) is 8.24. The summed E-state index contributed by atoms with van der Waals surface area (Å²) >= 11 is 0. The molecule has 2 aliphatic carbocycles. The van der Waals surface area contributed by atoms with Crippen LogP contribution in [0.3, 0.4) is 0 Å². The highest BCUT2D eigenvalue weighted by atomic mass is 16.5. The molecule has 2 aromatic carbocycles. The van der Waals surface area contributed by atoms with Crippen molar-refractivity contribution in [1.82, 2.24) is 0 Å². The van der Waals surface area contributed by atoms with E-state index in [1.54, 1.807) is 14.2 Å². The van der Waals surface area contributed by atoms with Gasteiger partial charge in [-0.25, -0.2) is 0 Å². The van der Waals surface area contributed by atoms with E-state index in [4.69, 9.17) is 14.2 Å². The van der Waals surface area contributed by atoms with Crippen LogP contribution in [0.1, 0.15) is 58.1 Å². The van der Waals surface area contributed by atoms with Crippen LogP contribution >= 0.6 is 0 Å². The number of benzene rings is 2. The molecule has 1 fully saturated rings. The fraction of sp³-hybridized carbons (Fsp3) is 0.414. The van der Waals surface area contributed by atoms with E-state index in [0.29, 0.717) is 6.42 Å². The van der Waals surface area contributed by atoms with Crippen molar-refractivity contribution in [3.63, 3.8) is 0 Å². The van der Waals surface area contributed by atoms with Gasteiger partial charge in [-0.1, -0.05) is 52.0 Å². The third-order valence-electron chi connectivity index (χ3n) is 8.24. The van der Waals surface area contributed by atoms with Crippen molar-refractivity contribution in [1.29, 1.82) is 0 Å². The first kappa shape index (κ1) is 21.8. The zero-order valence-electron chi connectivity index (χ0n) is 20.4. The topological polar surface area (TPSA) is 44.8 Å². The second-order valence-electron chi connectivity index (χ2n) is 10.3. The van der Waals surface area contributed by atoms with E-state index in [2.05, 4.69) is 52.0 Å². The number of carbonyl (C=O) groups excluding carboxylic acids is 1. The van der Waals surface area contributed by atoms with E-state index >= 15 is 0 Å². The highest BCUT2D eigenvalue weighted by Gasteiger charge is 2.66. The predicted octanol–water partition coefficient (Wildman–Crippen LogP) is 6.35. The number of Topliss-reactive ketones (excluding diaryl/α,β-unsaturated/α-hetero) is 1. The van der Waals surface area contributed by atoms with Crippen molar-refractivity contribution in [2.45, 2.75) is 52.6 Å². The maximum Gasteiger partial charge on any atom is 0.184 e. The summed E-state index contributed by atoms with van der Waals surface area (Å²) in [6, 6.07) is 16.1. The van der Waals surface area contributed by atoms with Gasteiger partial charge < -0.3 is 14.2 Å². The molecule has 0 spiro atoms. The zero-order chi connectivity index (χ0) is 23.6. The van der Waals surface area contributed by atoms with Gasteiger partial charge in [0.25, 0.3) is 0 Å². The molecule has 0 N–H and O–H groups in total. The van der Waals surface area contributed by atoms with E-state index in [1.807, 2.05) is 24.3 Å². The third kappa shape index (κ3) is 2.92. The van der Waals surface area contributed by atoms with Crippen LogP contribution in [-0.2, 0) is 15.1 Å². The van der Waals surface area contributed by atoms with Crippen LogP contribution in [0.4, 0.5) is 0 Å². The Balaban J connectivity index is 1.84. The number of hydrogen-bond acceptors (Lipinski definition) is 4. The molecule has 1 heterocycles. The highest BCUT2D eigenvalue weighted by molar-refractivity contribution is 6.03. The summed E-state index contributed by atoms with van der Waals surface area (Å²) in [5.41, 5.74) is 4.21. The van der Waals surface area contributed by atoms with Crippen LogP contribution in [0.5, 0.6) is 11.5 Å². The SMILES string of the molecule is COc1ccc(C2(c3ccc(OC)cc3)OC3=C(C(=O)CCC3)C2=C2C(C)(C)C2(C)C)cc1. The van der Waals surface area contributed by atoms with Gasteiger partial charge in [0.1, 0.15) is 17.3 Å². The molecular formula is C29H32O4. The minimum Gasteiger partial charge on any atom is -0.497 e. The second kappa shape index (κ2) is 7.24. The normalized spacial score (nSPS) is 22.1. The second-order valence-corrected chi connectivity index (χ2v) is 10.3. The highest BCUT2D eigenvalue weighted by Crippen LogP contribution is 2.73. The van der Waals surface area contributed by atoms with E-state index in [-0.39, 0.29) is 16.6 Å².